The Morgan fingerprint density at radius 1 is 1.25 bits per heavy atom. The predicted molar refractivity (Wildman–Crippen MR) is 80.6 cm³/mol. The number of nitrogens with zero attached hydrogens (tertiary/aromatic N) is 1. The van der Waals surface area contributed by atoms with E-state index in [2.05, 4.69) is 25.8 Å². The first kappa shape index (κ1) is 13.9. The van der Waals surface area contributed by atoms with Gasteiger partial charge in [0.15, 0.2) is 0 Å². The molecule has 0 unspecified atom stereocenters. The van der Waals surface area contributed by atoms with Crippen LogP contribution in [0.2, 0.25) is 0 Å². The minimum Gasteiger partial charge on any atom is -0.336 e. The molecule has 0 aromatic carbocycles. The molecule has 1 amide bonds. The molecule has 1 aromatic rings. The Bertz CT molecular complexity index is 547. The fourth-order valence-corrected chi connectivity index (χ4v) is 3.31. The number of carbonyl (C=O) groups is 1. The van der Waals surface area contributed by atoms with Gasteiger partial charge < -0.3 is 9.88 Å². The van der Waals surface area contributed by atoms with Gasteiger partial charge in [-0.05, 0) is 66.1 Å². The average molecular weight is 339 g/mol. The fourth-order valence-electron chi connectivity index (χ4n) is 2.93. The Labute approximate surface area is 126 Å². The van der Waals surface area contributed by atoms with Gasteiger partial charge in [-0.15, -0.1) is 0 Å². The van der Waals surface area contributed by atoms with E-state index in [1.165, 1.54) is 12.8 Å². The molecule has 0 aliphatic heterocycles. The molecular formula is C15H19BrN2O2. The number of aromatic nitrogens is 1. The van der Waals surface area contributed by atoms with E-state index in [1.54, 1.807) is 6.20 Å². The van der Waals surface area contributed by atoms with Gasteiger partial charge in [-0.2, -0.15) is 0 Å². The highest BCUT2D eigenvalue weighted by atomic mass is 79.9. The topological polar surface area (TPSA) is 53.2 Å². The molecule has 0 bridgehead atoms. The van der Waals surface area contributed by atoms with Crippen LogP contribution in [0.4, 0.5) is 0 Å². The Balaban J connectivity index is 1.76. The van der Waals surface area contributed by atoms with Crippen LogP contribution in [0.15, 0.2) is 21.5 Å². The van der Waals surface area contributed by atoms with Crippen LogP contribution in [0.25, 0.3) is 0 Å². The summed E-state index contributed by atoms with van der Waals surface area (Å²) in [6.07, 6.45) is 8.94. The molecular weight excluding hydrogens is 320 g/mol. The van der Waals surface area contributed by atoms with Gasteiger partial charge in [-0.3, -0.25) is 9.59 Å². The molecule has 1 N–H and O–H groups in total. The van der Waals surface area contributed by atoms with Crippen LogP contribution in [0.1, 0.15) is 44.1 Å². The van der Waals surface area contributed by atoms with Crippen molar-refractivity contribution in [3.8, 4) is 0 Å². The van der Waals surface area contributed by atoms with Crippen molar-refractivity contribution in [1.29, 1.82) is 0 Å². The van der Waals surface area contributed by atoms with Crippen molar-refractivity contribution in [3.63, 3.8) is 0 Å². The molecule has 1 heterocycles. The smallest absolute Gasteiger partial charge is 0.262 e. The second-order valence-corrected chi connectivity index (χ2v) is 6.59. The van der Waals surface area contributed by atoms with Gasteiger partial charge >= 0.3 is 0 Å². The normalized spacial score (nSPS) is 19.2. The lowest BCUT2D eigenvalue weighted by Gasteiger charge is -2.46. The SMILES string of the molecule is O=C(Cc1cc[nH]c(=O)c1Br)N(C1CCC1)C1CCC1. The van der Waals surface area contributed by atoms with Crippen LogP contribution in [-0.2, 0) is 11.2 Å². The summed E-state index contributed by atoms with van der Waals surface area (Å²) >= 11 is 3.28. The van der Waals surface area contributed by atoms with Gasteiger partial charge in [0, 0.05) is 18.3 Å². The molecule has 2 fully saturated rings. The standard InChI is InChI=1S/C15H19BrN2O2/c16-14-10(7-8-17-15(14)20)9-13(19)18(11-3-1-4-11)12-5-2-6-12/h7-8,11-12H,1-6,9H2,(H,17,20). The van der Waals surface area contributed by atoms with Crippen LogP contribution < -0.4 is 5.56 Å². The number of carbonyl (C=O) groups excluding carboxylic acids is 1. The maximum atomic E-state index is 12.6. The second kappa shape index (κ2) is 5.72. The summed E-state index contributed by atoms with van der Waals surface area (Å²) < 4.78 is 0.482. The third-order valence-electron chi connectivity index (χ3n) is 4.55. The van der Waals surface area contributed by atoms with Crippen molar-refractivity contribution in [1.82, 2.24) is 9.88 Å². The summed E-state index contributed by atoms with van der Waals surface area (Å²) in [6.45, 7) is 0. The van der Waals surface area contributed by atoms with Gasteiger partial charge in [-0.1, -0.05) is 0 Å². The minimum atomic E-state index is -0.172. The van der Waals surface area contributed by atoms with E-state index in [1.807, 2.05) is 6.07 Å². The number of hydrogen-bond acceptors (Lipinski definition) is 2. The molecule has 0 radical (unpaired) electrons. The minimum absolute atomic E-state index is 0.172. The van der Waals surface area contributed by atoms with E-state index < -0.39 is 0 Å². The maximum absolute atomic E-state index is 12.6. The number of pyridine rings is 1. The van der Waals surface area contributed by atoms with Crippen LogP contribution in [0.3, 0.4) is 0 Å². The van der Waals surface area contributed by atoms with Gasteiger partial charge in [-0.25, -0.2) is 0 Å². The Morgan fingerprint density at radius 3 is 2.35 bits per heavy atom. The number of hydrogen-bond donors (Lipinski definition) is 1. The molecule has 0 atom stereocenters. The molecule has 20 heavy (non-hydrogen) atoms. The summed E-state index contributed by atoms with van der Waals surface area (Å²) in [5.41, 5.74) is 0.608. The van der Waals surface area contributed by atoms with Crippen LogP contribution >= 0.6 is 15.9 Å². The molecule has 3 rings (SSSR count). The predicted octanol–water partition coefficient (Wildman–Crippen LogP) is 2.61. The molecule has 108 valence electrons. The first-order valence-electron chi connectivity index (χ1n) is 7.34. The van der Waals surface area contributed by atoms with Crippen LogP contribution in [-0.4, -0.2) is 27.9 Å². The van der Waals surface area contributed by atoms with Gasteiger partial charge in [0.05, 0.1) is 10.9 Å². The van der Waals surface area contributed by atoms with Gasteiger partial charge in [0.2, 0.25) is 5.91 Å². The highest BCUT2D eigenvalue weighted by Gasteiger charge is 2.36. The van der Waals surface area contributed by atoms with E-state index in [-0.39, 0.29) is 11.5 Å². The summed E-state index contributed by atoms with van der Waals surface area (Å²) in [5.74, 6) is 0.172. The van der Waals surface area contributed by atoms with E-state index >= 15 is 0 Å². The van der Waals surface area contributed by atoms with E-state index in [0.717, 1.165) is 31.2 Å². The molecule has 4 nitrogen and oxygen atoms in total. The van der Waals surface area contributed by atoms with Crippen molar-refractivity contribution in [2.45, 2.75) is 57.0 Å². The summed E-state index contributed by atoms with van der Waals surface area (Å²) in [5, 5.41) is 0. The zero-order valence-electron chi connectivity index (χ0n) is 11.4. The number of H-pyrrole nitrogens is 1. The highest BCUT2D eigenvalue weighted by Crippen LogP contribution is 2.34. The highest BCUT2D eigenvalue weighted by molar-refractivity contribution is 9.10. The number of amides is 1. The van der Waals surface area contributed by atoms with Crippen molar-refractivity contribution >= 4 is 21.8 Å². The number of aromatic amines is 1. The first-order chi connectivity index (χ1) is 9.66. The van der Waals surface area contributed by atoms with Crippen molar-refractivity contribution in [3.05, 3.63) is 32.7 Å². The zero-order chi connectivity index (χ0) is 14.1. The van der Waals surface area contributed by atoms with Crippen molar-refractivity contribution in [2.24, 2.45) is 0 Å². The fraction of sp³-hybridized carbons (Fsp3) is 0.600. The third kappa shape index (κ3) is 2.55. The largest absolute Gasteiger partial charge is 0.336 e. The lowest BCUT2D eigenvalue weighted by molar-refractivity contribution is -0.139. The van der Waals surface area contributed by atoms with Gasteiger partial charge in [0.1, 0.15) is 0 Å². The number of nitrogens with one attached hydrogen (secondary N) is 1. The summed E-state index contributed by atoms with van der Waals surface area (Å²) in [4.78, 5) is 28.9. The molecule has 1 aromatic heterocycles. The molecule has 2 aliphatic rings. The summed E-state index contributed by atoms with van der Waals surface area (Å²) in [7, 11) is 0. The Hall–Kier alpha value is -1.10. The number of halogens is 1. The van der Waals surface area contributed by atoms with E-state index in [9.17, 15) is 9.59 Å². The van der Waals surface area contributed by atoms with Gasteiger partial charge in [0.25, 0.3) is 5.56 Å². The Kier molecular flexibility index (Phi) is 3.96. The zero-order valence-corrected chi connectivity index (χ0v) is 13.0. The van der Waals surface area contributed by atoms with Crippen molar-refractivity contribution in [2.75, 3.05) is 0 Å². The van der Waals surface area contributed by atoms with E-state index in [0.29, 0.717) is 23.0 Å². The summed E-state index contributed by atoms with van der Waals surface area (Å²) in [6, 6.07) is 2.69. The van der Waals surface area contributed by atoms with E-state index in [4.69, 9.17) is 0 Å². The average Bonchev–Trinajstić information content (AvgIpc) is 2.29. The number of rotatable bonds is 4. The van der Waals surface area contributed by atoms with Crippen LogP contribution in [0, 0.1) is 0 Å². The molecule has 2 aliphatic carbocycles. The molecule has 0 saturated heterocycles. The third-order valence-corrected chi connectivity index (χ3v) is 5.42. The molecule has 5 heteroatoms. The lowest BCUT2D eigenvalue weighted by atomic mass is 9.84. The Morgan fingerprint density at radius 2 is 1.85 bits per heavy atom. The molecule has 2 saturated carbocycles. The first-order valence-corrected chi connectivity index (χ1v) is 8.13. The lowest BCUT2D eigenvalue weighted by Crippen LogP contribution is -2.53. The quantitative estimate of drug-likeness (QED) is 0.917. The van der Waals surface area contributed by atoms with Crippen LogP contribution in [0.5, 0.6) is 0 Å². The molecule has 0 spiro atoms. The van der Waals surface area contributed by atoms with Crippen molar-refractivity contribution < 1.29 is 4.79 Å². The maximum Gasteiger partial charge on any atom is 0.262 e. The monoisotopic (exact) mass is 338 g/mol. The second-order valence-electron chi connectivity index (χ2n) is 5.79.